The zero-order chi connectivity index (χ0) is 16.4. The molecule has 0 saturated carbocycles. The summed E-state index contributed by atoms with van der Waals surface area (Å²) in [5.41, 5.74) is 1.49. The highest BCUT2D eigenvalue weighted by Crippen LogP contribution is 2.33. The topological polar surface area (TPSA) is 83.1 Å². The van der Waals surface area contributed by atoms with Gasteiger partial charge < -0.3 is 9.47 Å². The first-order valence-electron chi connectivity index (χ1n) is 7.07. The van der Waals surface area contributed by atoms with E-state index < -0.39 is 0 Å². The number of ether oxygens (including phenoxy) is 2. The molecule has 112 valence electrons. The van der Waals surface area contributed by atoms with Gasteiger partial charge in [0.25, 0.3) is 0 Å². The predicted octanol–water partition coefficient (Wildman–Crippen LogP) is 3.32. The van der Waals surface area contributed by atoms with Gasteiger partial charge in [0.2, 0.25) is 0 Å². The van der Waals surface area contributed by atoms with Gasteiger partial charge in [-0.2, -0.15) is 10.5 Å². The minimum atomic E-state index is -0.225. The zero-order valence-electron chi connectivity index (χ0n) is 12.4. The fourth-order valence-corrected chi connectivity index (χ4v) is 2.41. The minimum Gasteiger partial charge on any atom is -0.457 e. The molecule has 0 fully saturated rings. The summed E-state index contributed by atoms with van der Waals surface area (Å²) in [7, 11) is 0. The summed E-state index contributed by atoms with van der Waals surface area (Å²) >= 11 is 0. The summed E-state index contributed by atoms with van der Waals surface area (Å²) in [5.74, 6) is 1.21. The molecule has 1 heterocycles. The normalized spacial score (nSPS) is 15.8. The maximum absolute atomic E-state index is 11.6. The number of nitrogens with zero attached hydrogens (tertiary/aromatic N) is 2. The molecule has 1 aliphatic rings. The Morgan fingerprint density at radius 2 is 1.78 bits per heavy atom. The van der Waals surface area contributed by atoms with Crippen LogP contribution >= 0.6 is 0 Å². The second-order valence-corrected chi connectivity index (χ2v) is 5.33. The summed E-state index contributed by atoms with van der Waals surface area (Å²) in [5, 5.41) is 18.0. The van der Waals surface area contributed by atoms with Crippen molar-refractivity contribution in [3.8, 4) is 29.4 Å². The average molecular weight is 304 g/mol. The third kappa shape index (κ3) is 2.86. The standard InChI is InChI=1S/C18H12N2O3/c1-11-6-13-7-16(4-5-17(13)23-18(11)21)22-15-3-2-12(9-19)14(8-15)10-20/h2-5,7-8,11H,6H2,1H3. The number of fused-ring (bicyclic) bond motifs is 1. The maximum atomic E-state index is 11.6. The third-order valence-electron chi connectivity index (χ3n) is 3.64. The molecule has 2 aromatic carbocycles. The van der Waals surface area contributed by atoms with Crippen molar-refractivity contribution in [3.63, 3.8) is 0 Å². The highest BCUT2D eigenvalue weighted by molar-refractivity contribution is 5.77. The van der Waals surface area contributed by atoms with E-state index >= 15 is 0 Å². The molecule has 5 nitrogen and oxygen atoms in total. The lowest BCUT2D eigenvalue weighted by molar-refractivity contribution is -0.139. The average Bonchev–Trinajstić information content (AvgIpc) is 2.56. The monoisotopic (exact) mass is 304 g/mol. The molecule has 2 aromatic rings. The first-order valence-corrected chi connectivity index (χ1v) is 7.07. The van der Waals surface area contributed by atoms with E-state index in [0.29, 0.717) is 29.2 Å². The summed E-state index contributed by atoms with van der Waals surface area (Å²) in [6.07, 6.45) is 0.599. The molecule has 0 amide bonds. The van der Waals surface area contributed by atoms with Gasteiger partial charge in [-0.25, -0.2) is 0 Å². The first kappa shape index (κ1) is 14.6. The molecule has 0 aliphatic carbocycles. The fourth-order valence-electron chi connectivity index (χ4n) is 2.41. The van der Waals surface area contributed by atoms with Crippen molar-refractivity contribution in [3.05, 3.63) is 53.1 Å². The molecule has 23 heavy (non-hydrogen) atoms. The Morgan fingerprint density at radius 1 is 1.09 bits per heavy atom. The van der Waals surface area contributed by atoms with Gasteiger partial charge in [0.05, 0.1) is 17.0 Å². The number of hydrogen-bond donors (Lipinski definition) is 0. The van der Waals surface area contributed by atoms with Crippen molar-refractivity contribution < 1.29 is 14.3 Å². The van der Waals surface area contributed by atoms with Gasteiger partial charge in [0.1, 0.15) is 29.4 Å². The number of esters is 1. The molecular formula is C18H12N2O3. The molecule has 0 bridgehead atoms. The SMILES string of the molecule is CC1Cc2cc(Oc3ccc(C#N)c(C#N)c3)ccc2OC1=O. The second-order valence-electron chi connectivity index (χ2n) is 5.33. The summed E-state index contributed by atoms with van der Waals surface area (Å²) in [6.45, 7) is 1.82. The smallest absolute Gasteiger partial charge is 0.314 e. The van der Waals surface area contributed by atoms with Gasteiger partial charge >= 0.3 is 5.97 Å². The van der Waals surface area contributed by atoms with Crippen LogP contribution in [-0.4, -0.2) is 5.97 Å². The zero-order valence-corrected chi connectivity index (χ0v) is 12.4. The molecule has 0 aromatic heterocycles. The van der Waals surface area contributed by atoms with Crippen LogP contribution in [0.5, 0.6) is 17.2 Å². The van der Waals surface area contributed by atoms with Gasteiger partial charge in [0.15, 0.2) is 0 Å². The Labute approximate surface area is 133 Å². The number of nitriles is 2. The van der Waals surface area contributed by atoms with Crippen LogP contribution in [0, 0.1) is 28.6 Å². The van der Waals surface area contributed by atoms with Crippen molar-refractivity contribution in [2.75, 3.05) is 0 Å². The molecular weight excluding hydrogens is 292 g/mol. The van der Waals surface area contributed by atoms with Gasteiger partial charge in [-0.1, -0.05) is 6.92 Å². The van der Waals surface area contributed by atoms with E-state index in [9.17, 15) is 4.79 Å². The van der Waals surface area contributed by atoms with E-state index in [1.807, 2.05) is 25.1 Å². The van der Waals surface area contributed by atoms with E-state index in [1.165, 1.54) is 6.07 Å². The van der Waals surface area contributed by atoms with E-state index in [0.717, 1.165) is 5.56 Å². The predicted molar refractivity (Wildman–Crippen MR) is 80.9 cm³/mol. The van der Waals surface area contributed by atoms with E-state index in [-0.39, 0.29) is 17.5 Å². The number of benzene rings is 2. The molecule has 0 saturated heterocycles. The van der Waals surface area contributed by atoms with Gasteiger partial charge in [-0.3, -0.25) is 4.79 Å². The van der Waals surface area contributed by atoms with Crippen LogP contribution in [-0.2, 0) is 11.2 Å². The molecule has 3 rings (SSSR count). The lowest BCUT2D eigenvalue weighted by Gasteiger charge is -2.21. The minimum absolute atomic E-state index is 0.183. The highest BCUT2D eigenvalue weighted by atomic mass is 16.5. The highest BCUT2D eigenvalue weighted by Gasteiger charge is 2.24. The van der Waals surface area contributed by atoms with Crippen molar-refractivity contribution >= 4 is 5.97 Å². The molecule has 0 radical (unpaired) electrons. The first-order chi connectivity index (χ1) is 11.1. The Bertz CT molecular complexity index is 875. The largest absolute Gasteiger partial charge is 0.457 e. The van der Waals surface area contributed by atoms with Crippen molar-refractivity contribution in [1.29, 1.82) is 10.5 Å². The molecule has 0 N–H and O–H groups in total. The van der Waals surface area contributed by atoms with Crippen LogP contribution in [0.15, 0.2) is 36.4 Å². The van der Waals surface area contributed by atoms with E-state index in [2.05, 4.69) is 0 Å². The third-order valence-corrected chi connectivity index (χ3v) is 3.64. The van der Waals surface area contributed by atoms with Gasteiger partial charge in [-0.05, 0) is 48.4 Å². The summed E-state index contributed by atoms with van der Waals surface area (Å²) < 4.78 is 11.0. The Balaban J connectivity index is 1.87. The Morgan fingerprint density at radius 3 is 2.52 bits per heavy atom. The van der Waals surface area contributed by atoms with Crippen molar-refractivity contribution in [1.82, 2.24) is 0 Å². The fraction of sp³-hybridized carbons (Fsp3) is 0.167. The van der Waals surface area contributed by atoms with Crippen LogP contribution in [0.1, 0.15) is 23.6 Å². The number of rotatable bonds is 2. The molecule has 1 aliphatic heterocycles. The van der Waals surface area contributed by atoms with Crippen LogP contribution in [0.4, 0.5) is 0 Å². The lowest BCUT2D eigenvalue weighted by Crippen LogP contribution is -2.25. The van der Waals surface area contributed by atoms with E-state index in [4.69, 9.17) is 20.0 Å². The quantitative estimate of drug-likeness (QED) is 0.627. The number of carbonyl (C=O) groups is 1. The Hall–Kier alpha value is -3.31. The number of hydrogen-bond acceptors (Lipinski definition) is 5. The summed E-state index contributed by atoms with van der Waals surface area (Å²) in [4.78, 5) is 11.6. The van der Waals surface area contributed by atoms with Crippen LogP contribution in [0.3, 0.4) is 0 Å². The van der Waals surface area contributed by atoms with Crippen molar-refractivity contribution in [2.24, 2.45) is 5.92 Å². The van der Waals surface area contributed by atoms with Crippen LogP contribution < -0.4 is 9.47 Å². The van der Waals surface area contributed by atoms with Gasteiger partial charge in [-0.15, -0.1) is 0 Å². The second kappa shape index (κ2) is 5.82. The maximum Gasteiger partial charge on any atom is 0.314 e. The lowest BCUT2D eigenvalue weighted by atomic mass is 9.98. The number of carbonyl (C=O) groups excluding carboxylic acids is 1. The molecule has 1 unspecified atom stereocenters. The molecule has 5 heteroatoms. The molecule has 0 spiro atoms. The van der Waals surface area contributed by atoms with Crippen LogP contribution in [0.25, 0.3) is 0 Å². The summed E-state index contributed by atoms with van der Waals surface area (Å²) in [6, 6.07) is 13.9. The van der Waals surface area contributed by atoms with Gasteiger partial charge in [0, 0.05) is 0 Å². The van der Waals surface area contributed by atoms with Crippen molar-refractivity contribution in [2.45, 2.75) is 13.3 Å². The van der Waals surface area contributed by atoms with Crippen LogP contribution in [0.2, 0.25) is 0 Å². The Kier molecular flexibility index (Phi) is 3.70. The molecule has 1 atom stereocenters. The van der Waals surface area contributed by atoms with E-state index in [1.54, 1.807) is 24.3 Å².